The van der Waals surface area contributed by atoms with Crippen LogP contribution in [0.3, 0.4) is 0 Å². The van der Waals surface area contributed by atoms with Crippen molar-refractivity contribution in [3.8, 4) is 5.75 Å². The number of nitrogens with zero attached hydrogens (tertiary/aromatic N) is 2. The summed E-state index contributed by atoms with van der Waals surface area (Å²) in [5, 5.41) is 11.1. The molecule has 9 heteroatoms. The fraction of sp³-hybridized carbons (Fsp3) is 0. The van der Waals surface area contributed by atoms with Gasteiger partial charge in [0.1, 0.15) is 10.6 Å². The third-order valence-corrected chi connectivity index (χ3v) is 5.10. The van der Waals surface area contributed by atoms with Gasteiger partial charge in [-0.15, -0.1) is 0 Å². The first-order valence-corrected chi connectivity index (χ1v) is 9.71. The number of non-ortho nitro benzene ring substituents is 1. The molecule has 0 aliphatic rings. The lowest BCUT2D eigenvalue weighted by Crippen LogP contribution is -2.09. The second kappa shape index (κ2) is 8.20. The summed E-state index contributed by atoms with van der Waals surface area (Å²) >= 11 is 5.77. The molecule has 0 saturated carbocycles. The van der Waals surface area contributed by atoms with E-state index in [1.807, 2.05) is 0 Å². The summed E-state index contributed by atoms with van der Waals surface area (Å²) in [7, 11) is -3.99. The van der Waals surface area contributed by atoms with Gasteiger partial charge in [0.25, 0.3) is 5.69 Å². The minimum Gasteiger partial charge on any atom is -0.379 e. The zero-order valence-electron chi connectivity index (χ0n) is 14.2. The monoisotopic (exact) mass is 416 g/mol. The molecule has 28 heavy (non-hydrogen) atoms. The molecule has 0 aliphatic heterocycles. The van der Waals surface area contributed by atoms with E-state index in [9.17, 15) is 18.5 Å². The fourth-order valence-corrected chi connectivity index (χ4v) is 3.28. The van der Waals surface area contributed by atoms with Crippen LogP contribution in [0.1, 0.15) is 5.56 Å². The average Bonchev–Trinajstić information content (AvgIpc) is 2.67. The Bertz CT molecular complexity index is 1130. The predicted molar refractivity (Wildman–Crippen MR) is 106 cm³/mol. The lowest BCUT2D eigenvalue weighted by molar-refractivity contribution is -0.384. The Labute approximate surface area is 166 Å². The van der Waals surface area contributed by atoms with Crippen LogP contribution in [-0.2, 0) is 10.1 Å². The van der Waals surface area contributed by atoms with E-state index >= 15 is 0 Å². The van der Waals surface area contributed by atoms with Crippen molar-refractivity contribution in [2.45, 2.75) is 4.90 Å². The summed E-state index contributed by atoms with van der Waals surface area (Å²) in [6.45, 7) is 0. The van der Waals surface area contributed by atoms with Gasteiger partial charge in [0.05, 0.1) is 10.6 Å². The molecule has 142 valence electrons. The van der Waals surface area contributed by atoms with Crippen LogP contribution in [-0.4, -0.2) is 19.6 Å². The van der Waals surface area contributed by atoms with Gasteiger partial charge in [-0.25, -0.2) is 0 Å². The Morgan fingerprint density at radius 3 is 2.32 bits per heavy atom. The smallest absolute Gasteiger partial charge is 0.339 e. The zero-order valence-corrected chi connectivity index (χ0v) is 15.8. The Morgan fingerprint density at radius 1 is 1.00 bits per heavy atom. The SMILES string of the molecule is O=[N+]([O-])c1ccc(N=Cc2cccc(OS(=O)(=O)c3ccc(Cl)cc3)c2)cc1. The Balaban J connectivity index is 1.76. The molecule has 3 aromatic rings. The number of aliphatic imine (C=N–C) groups is 1. The van der Waals surface area contributed by atoms with E-state index in [1.54, 1.807) is 12.1 Å². The van der Waals surface area contributed by atoms with E-state index < -0.39 is 15.0 Å². The van der Waals surface area contributed by atoms with Crippen molar-refractivity contribution in [1.82, 2.24) is 0 Å². The van der Waals surface area contributed by atoms with Gasteiger partial charge < -0.3 is 4.18 Å². The highest BCUT2D eigenvalue weighted by atomic mass is 35.5. The second-order valence-corrected chi connectivity index (χ2v) is 7.58. The molecule has 7 nitrogen and oxygen atoms in total. The number of halogens is 1. The summed E-state index contributed by atoms with van der Waals surface area (Å²) in [5.41, 5.74) is 1.09. The van der Waals surface area contributed by atoms with Gasteiger partial charge in [-0.3, -0.25) is 15.1 Å². The van der Waals surface area contributed by atoms with Crippen LogP contribution < -0.4 is 4.18 Å². The number of nitro benzene ring substituents is 1. The molecular weight excluding hydrogens is 404 g/mol. The van der Waals surface area contributed by atoms with Gasteiger partial charge in [0.15, 0.2) is 0 Å². The first kappa shape index (κ1) is 19.5. The van der Waals surface area contributed by atoms with Crippen molar-refractivity contribution in [2.24, 2.45) is 4.99 Å². The number of rotatable bonds is 6. The van der Waals surface area contributed by atoms with Crippen LogP contribution in [0.15, 0.2) is 82.7 Å². The normalized spacial score (nSPS) is 11.5. The molecule has 0 bridgehead atoms. The first-order valence-electron chi connectivity index (χ1n) is 7.92. The van der Waals surface area contributed by atoms with E-state index in [0.29, 0.717) is 16.3 Å². The van der Waals surface area contributed by atoms with Crippen molar-refractivity contribution < 1.29 is 17.5 Å². The third kappa shape index (κ3) is 4.93. The lowest BCUT2D eigenvalue weighted by atomic mass is 10.2. The maximum Gasteiger partial charge on any atom is 0.339 e. The lowest BCUT2D eigenvalue weighted by Gasteiger charge is -2.07. The van der Waals surface area contributed by atoms with Crippen molar-refractivity contribution in [1.29, 1.82) is 0 Å². The van der Waals surface area contributed by atoms with Crippen molar-refractivity contribution >= 4 is 39.3 Å². The van der Waals surface area contributed by atoms with Gasteiger partial charge in [-0.2, -0.15) is 8.42 Å². The molecule has 0 radical (unpaired) electrons. The number of hydrogen-bond acceptors (Lipinski definition) is 6. The maximum absolute atomic E-state index is 12.3. The molecule has 0 saturated heterocycles. The van der Waals surface area contributed by atoms with E-state index in [2.05, 4.69) is 4.99 Å². The molecule has 0 fully saturated rings. The molecule has 0 spiro atoms. The summed E-state index contributed by atoms with van der Waals surface area (Å²) in [4.78, 5) is 14.4. The van der Waals surface area contributed by atoms with E-state index in [-0.39, 0.29) is 16.3 Å². The minimum atomic E-state index is -3.99. The predicted octanol–water partition coefficient (Wildman–Crippen LogP) is 4.77. The quantitative estimate of drug-likeness (QED) is 0.249. The van der Waals surface area contributed by atoms with Gasteiger partial charge in [0.2, 0.25) is 0 Å². The molecule has 0 atom stereocenters. The molecule has 3 aromatic carbocycles. The molecule has 0 N–H and O–H groups in total. The van der Waals surface area contributed by atoms with Crippen LogP contribution in [0, 0.1) is 10.1 Å². The highest BCUT2D eigenvalue weighted by Crippen LogP contribution is 2.22. The molecule has 0 unspecified atom stereocenters. The average molecular weight is 417 g/mol. The van der Waals surface area contributed by atoms with Crippen LogP contribution in [0.25, 0.3) is 0 Å². The highest BCUT2D eigenvalue weighted by molar-refractivity contribution is 7.87. The summed E-state index contributed by atoms with van der Waals surface area (Å²) in [6, 6.07) is 17.8. The van der Waals surface area contributed by atoms with Crippen LogP contribution in [0.5, 0.6) is 5.75 Å². The number of hydrogen-bond donors (Lipinski definition) is 0. The van der Waals surface area contributed by atoms with Crippen molar-refractivity contribution in [3.63, 3.8) is 0 Å². The summed E-state index contributed by atoms with van der Waals surface area (Å²) in [6.07, 6.45) is 1.50. The minimum absolute atomic E-state index is 0.0122. The molecule has 0 heterocycles. The molecule has 0 aromatic heterocycles. The standard InChI is InChI=1S/C19H13ClN2O5S/c20-15-4-10-19(11-5-15)28(25,26)27-18-3-1-2-14(12-18)13-21-16-6-8-17(9-7-16)22(23)24/h1-13H. The topological polar surface area (TPSA) is 98.9 Å². The summed E-state index contributed by atoms with van der Waals surface area (Å²) < 4.78 is 29.8. The second-order valence-electron chi connectivity index (χ2n) is 5.60. The van der Waals surface area contributed by atoms with Crippen LogP contribution in [0.4, 0.5) is 11.4 Å². The van der Waals surface area contributed by atoms with Gasteiger partial charge in [0, 0.05) is 23.4 Å². The third-order valence-electron chi connectivity index (χ3n) is 3.59. The Kier molecular flexibility index (Phi) is 5.72. The largest absolute Gasteiger partial charge is 0.379 e. The van der Waals surface area contributed by atoms with Crippen molar-refractivity contribution in [3.05, 3.63) is 93.5 Å². The van der Waals surface area contributed by atoms with E-state index in [1.165, 1.54) is 66.9 Å². The van der Waals surface area contributed by atoms with E-state index in [4.69, 9.17) is 15.8 Å². The molecule has 0 amide bonds. The van der Waals surface area contributed by atoms with Crippen LogP contribution in [0.2, 0.25) is 5.02 Å². The molecule has 0 aliphatic carbocycles. The van der Waals surface area contributed by atoms with E-state index in [0.717, 1.165) is 0 Å². The number of benzene rings is 3. The van der Waals surface area contributed by atoms with Crippen LogP contribution >= 0.6 is 11.6 Å². The fourth-order valence-electron chi connectivity index (χ4n) is 2.23. The Hall–Kier alpha value is -3.23. The van der Waals surface area contributed by atoms with Gasteiger partial charge in [-0.1, -0.05) is 23.7 Å². The summed E-state index contributed by atoms with van der Waals surface area (Å²) in [5.74, 6) is 0.127. The van der Waals surface area contributed by atoms with Gasteiger partial charge in [-0.05, 0) is 54.1 Å². The van der Waals surface area contributed by atoms with Gasteiger partial charge >= 0.3 is 10.1 Å². The molecule has 3 rings (SSSR count). The van der Waals surface area contributed by atoms with Crippen molar-refractivity contribution in [2.75, 3.05) is 0 Å². The highest BCUT2D eigenvalue weighted by Gasteiger charge is 2.16. The number of nitro groups is 1. The Morgan fingerprint density at radius 2 is 1.68 bits per heavy atom. The first-order chi connectivity index (χ1) is 13.3. The molecular formula is C19H13ClN2O5S. The maximum atomic E-state index is 12.3. The zero-order chi connectivity index (χ0) is 20.1.